The number of carbonyl (C=O) groups excluding carboxylic acids is 6. The molecule has 13 nitrogen and oxygen atoms in total. The number of carbonyl (C=O) groups is 6. The summed E-state index contributed by atoms with van der Waals surface area (Å²) in [6.45, 7) is 16.2. The van der Waals surface area contributed by atoms with Gasteiger partial charge in [-0.25, -0.2) is 4.79 Å². The maximum absolute atomic E-state index is 14.4. The molecule has 0 radical (unpaired) electrons. The Hall–Kier alpha value is -3.71. The van der Waals surface area contributed by atoms with Gasteiger partial charge in [0.05, 0.1) is 12.5 Å². The zero-order valence-corrected chi connectivity index (χ0v) is 36.2. The molecule has 0 aromatic heterocycles. The Morgan fingerprint density at radius 2 is 1.39 bits per heavy atom. The number of esters is 1. The predicted molar refractivity (Wildman–Crippen MR) is 217 cm³/mol. The number of likely N-dealkylation sites (tertiary alicyclic amines) is 2. The van der Waals surface area contributed by atoms with E-state index in [4.69, 9.17) is 16.3 Å². The van der Waals surface area contributed by atoms with E-state index in [2.05, 4.69) is 10.6 Å². The van der Waals surface area contributed by atoms with Gasteiger partial charge in [0.1, 0.15) is 30.3 Å². The second-order valence-electron chi connectivity index (χ2n) is 17.0. The Kier molecular flexibility index (Phi) is 17.6. The smallest absolute Gasteiger partial charge is 0.329 e. The summed E-state index contributed by atoms with van der Waals surface area (Å²) in [6, 6.07) is 3.65. The fraction of sp³-hybridized carbons (Fsp3) is 0.714. The fourth-order valence-electron chi connectivity index (χ4n) is 8.00. The minimum Gasteiger partial charge on any atom is -0.460 e. The van der Waals surface area contributed by atoms with Crippen LogP contribution in [0.5, 0.6) is 0 Å². The molecule has 2 N–H and O–H groups in total. The number of halogens is 1. The van der Waals surface area contributed by atoms with Crippen molar-refractivity contribution < 1.29 is 33.5 Å². The topological polar surface area (TPSA) is 149 Å². The molecule has 2 fully saturated rings. The first kappa shape index (κ1) is 46.7. The van der Waals surface area contributed by atoms with Gasteiger partial charge >= 0.3 is 5.97 Å². The molecule has 0 bridgehead atoms. The summed E-state index contributed by atoms with van der Waals surface area (Å²) >= 11 is 6.25. The van der Waals surface area contributed by atoms with Crippen LogP contribution in [0.15, 0.2) is 24.3 Å². The van der Waals surface area contributed by atoms with Crippen LogP contribution in [0.3, 0.4) is 0 Å². The molecule has 1 aromatic rings. The van der Waals surface area contributed by atoms with Crippen molar-refractivity contribution in [3.8, 4) is 0 Å². The molecular weight excluding hydrogens is 736 g/mol. The number of likely N-dealkylation sites (N-methyl/N-ethyl adjacent to an activating group) is 2. The predicted octanol–water partition coefficient (Wildman–Crippen LogP) is 4.15. The first-order valence-electron chi connectivity index (χ1n) is 20.3. The first-order chi connectivity index (χ1) is 26.3. The number of ether oxygens (including phenoxy) is 1. The van der Waals surface area contributed by atoms with Crippen molar-refractivity contribution >= 4 is 47.1 Å². The maximum Gasteiger partial charge on any atom is 0.329 e. The molecule has 2 heterocycles. The lowest BCUT2D eigenvalue weighted by molar-refractivity contribution is -0.162. The molecule has 2 aliphatic heterocycles. The molecule has 0 spiro atoms. The highest BCUT2D eigenvalue weighted by atomic mass is 35.5. The molecule has 314 valence electrons. The maximum atomic E-state index is 14.4. The minimum atomic E-state index is -0.884. The molecule has 1 aromatic carbocycles. The van der Waals surface area contributed by atoms with Gasteiger partial charge in [0, 0.05) is 31.7 Å². The Morgan fingerprint density at radius 1 is 0.804 bits per heavy atom. The third-order valence-electron chi connectivity index (χ3n) is 11.0. The first-order valence-corrected chi connectivity index (χ1v) is 20.7. The molecule has 2 aliphatic rings. The van der Waals surface area contributed by atoms with E-state index in [0.29, 0.717) is 56.8 Å². The van der Waals surface area contributed by atoms with Crippen LogP contribution in [0.4, 0.5) is 0 Å². The standard InChI is InChI=1S/C42H67ClN6O7/c1-25(2)33(24-34(50)44-21-20-29-16-12-13-17-30(29)43)56-42(55)32-19-15-23-49(32)39(52)31-18-14-22-48(31)41(54)37(28(7)8)47(11)40(53)35(26(3)4)45-38(51)36(27(5)6)46(9)10/h12-13,16-17,25-28,31-33,35-37H,14-15,18-24H2,1-11H3,(H,44,50)(H,45,51)/t31-,32-,33?,35-,36-,37-/m0/s1. The summed E-state index contributed by atoms with van der Waals surface area (Å²) in [5.74, 6) is -2.78. The van der Waals surface area contributed by atoms with Crippen LogP contribution in [-0.2, 0) is 39.9 Å². The molecule has 6 atom stereocenters. The molecule has 2 saturated heterocycles. The lowest BCUT2D eigenvalue weighted by Gasteiger charge is -2.38. The highest BCUT2D eigenvalue weighted by Gasteiger charge is 2.46. The Morgan fingerprint density at radius 3 is 1.95 bits per heavy atom. The van der Waals surface area contributed by atoms with E-state index < -0.39 is 42.3 Å². The summed E-state index contributed by atoms with van der Waals surface area (Å²) in [5.41, 5.74) is 0.927. The third-order valence-corrected chi connectivity index (χ3v) is 11.4. The molecule has 0 aliphatic carbocycles. The van der Waals surface area contributed by atoms with Gasteiger partial charge in [-0.05, 0) is 81.5 Å². The molecular formula is C42H67ClN6O7. The van der Waals surface area contributed by atoms with E-state index in [-0.39, 0.29) is 59.6 Å². The van der Waals surface area contributed by atoms with Crippen LogP contribution in [-0.4, -0.2) is 132 Å². The molecule has 56 heavy (non-hydrogen) atoms. The van der Waals surface area contributed by atoms with Gasteiger partial charge in [0.15, 0.2) is 0 Å². The van der Waals surface area contributed by atoms with Crippen LogP contribution >= 0.6 is 11.6 Å². The fourth-order valence-corrected chi connectivity index (χ4v) is 8.23. The van der Waals surface area contributed by atoms with Gasteiger partial charge in [-0.2, -0.15) is 0 Å². The second kappa shape index (κ2) is 21.2. The van der Waals surface area contributed by atoms with Gasteiger partial charge in [-0.15, -0.1) is 0 Å². The number of nitrogens with one attached hydrogen (secondary N) is 2. The molecule has 14 heteroatoms. The number of hydrogen-bond donors (Lipinski definition) is 2. The minimum absolute atomic E-state index is 0.0108. The molecule has 3 rings (SSSR count). The van der Waals surface area contributed by atoms with Crippen molar-refractivity contribution in [3.63, 3.8) is 0 Å². The van der Waals surface area contributed by atoms with Crippen molar-refractivity contribution in [2.24, 2.45) is 23.7 Å². The monoisotopic (exact) mass is 802 g/mol. The Bertz CT molecular complexity index is 1530. The van der Waals surface area contributed by atoms with Crippen molar-refractivity contribution in [1.29, 1.82) is 0 Å². The van der Waals surface area contributed by atoms with E-state index in [1.165, 1.54) is 9.80 Å². The van der Waals surface area contributed by atoms with Crippen LogP contribution in [0.1, 0.15) is 93.1 Å². The van der Waals surface area contributed by atoms with Gasteiger partial charge in [-0.1, -0.05) is 85.2 Å². The number of hydrogen-bond acceptors (Lipinski definition) is 8. The summed E-state index contributed by atoms with van der Waals surface area (Å²) < 4.78 is 5.93. The van der Waals surface area contributed by atoms with Crippen LogP contribution in [0, 0.1) is 23.7 Å². The van der Waals surface area contributed by atoms with Crippen molar-refractivity contribution in [1.82, 2.24) is 30.2 Å². The highest BCUT2D eigenvalue weighted by molar-refractivity contribution is 6.31. The average molecular weight is 803 g/mol. The van der Waals surface area contributed by atoms with Crippen molar-refractivity contribution in [2.75, 3.05) is 40.8 Å². The third kappa shape index (κ3) is 11.9. The van der Waals surface area contributed by atoms with E-state index in [1.54, 1.807) is 18.0 Å². The number of benzene rings is 1. The van der Waals surface area contributed by atoms with Gasteiger partial charge < -0.3 is 30.1 Å². The van der Waals surface area contributed by atoms with Crippen LogP contribution in [0.25, 0.3) is 0 Å². The van der Waals surface area contributed by atoms with E-state index in [9.17, 15) is 28.8 Å². The zero-order chi connectivity index (χ0) is 42.0. The summed E-state index contributed by atoms with van der Waals surface area (Å²) in [7, 11) is 5.24. The average Bonchev–Trinajstić information content (AvgIpc) is 3.81. The quantitative estimate of drug-likeness (QED) is 0.211. The molecule has 0 saturated carbocycles. The molecule has 1 unspecified atom stereocenters. The number of amides is 5. The van der Waals surface area contributed by atoms with Crippen molar-refractivity contribution in [2.45, 2.75) is 130 Å². The Labute approximate surface area is 339 Å². The SMILES string of the molecule is CC(C)C(CC(=O)NCCc1ccccc1Cl)OC(=O)[C@@H]1CCCN1C(=O)[C@@H]1CCCN1C(=O)[C@H](C(C)C)N(C)C(=O)[C@@H](NC(=O)[C@H](C(C)C)N(C)C)C(C)C. The van der Waals surface area contributed by atoms with Crippen LogP contribution in [0.2, 0.25) is 5.02 Å². The summed E-state index contributed by atoms with van der Waals surface area (Å²) in [5, 5.41) is 6.49. The van der Waals surface area contributed by atoms with E-state index in [1.807, 2.05) is 92.6 Å². The van der Waals surface area contributed by atoms with Gasteiger partial charge in [-0.3, -0.25) is 28.9 Å². The second-order valence-corrected chi connectivity index (χ2v) is 17.4. The zero-order valence-electron chi connectivity index (χ0n) is 35.5. The number of nitrogens with zero attached hydrogens (tertiary/aromatic N) is 4. The lowest BCUT2D eigenvalue weighted by atomic mass is 9.96. The lowest BCUT2D eigenvalue weighted by Crippen LogP contribution is -2.61. The summed E-state index contributed by atoms with van der Waals surface area (Å²) in [6.07, 6.45) is 1.90. The van der Waals surface area contributed by atoms with E-state index >= 15 is 0 Å². The summed E-state index contributed by atoms with van der Waals surface area (Å²) in [4.78, 5) is 89.0. The van der Waals surface area contributed by atoms with E-state index in [0.717, 1.165) is 5.56 Å². The largest absolute Gasteiger partial charge is 0.460 e. The number of rotatable bonds is 18. The van der Waals surface area contributed by atoms with Gasteiger partial charge in [0.25, 0.3) is 0 Å². The van der Waals surface area contributed by atoms with Crippen molar-refractivity contribution in [3.05, 3.63) is 34.9 Å². The highest BCUT2D eigenvalue weighted by Crippen LogP contribution is 2.29. The Balaban J connectivity index is 1.70. The van der Waals surface area contributed by atoms with Gasteiger partial charge in [0.2, 0.25) is 29.5 Å². The normalized spacial score (nSPS) is 19.4. The molecule has 5 amide bonds. The van der Waals surface area contributed by atoms with Crippen LogP contribution < -0.4 is 10.6 Å².